The number of hydrogen-bond acceptors (Lipinski definition) is 2. The maximum atomic E-state index is 5.20. The van der Waals surface area contributed by atoms with E-state index in [2.05, 4.69) is 12.8 Å². The zero-order valence-electron chi connectivity index (χ0n) is 4.70. The molecule has 0 atom stereocenters. The van der Waals surface area contributed by atoms with Crippen molar-refractivity contribution < 1.29 is 0 Å². The Hall–Kier alpha value is -0.305. The molecule has 0 aliphatic heterocycles. The molecule has 0 radical (unpaired) electrons. The molecule has 0 amide bonds. The summed E-state index contributed by atoms with van der Waals surface area (Å²) in [5, 5.41) is 2.89. The van der Waals surface area contributed by atoms with Gasteiger partial charge in [0.2, 0.25) is 0 Å². The molecule has 0 aromatic carbocycles. The Morgan fingerprint density at radius 1 is 1.86 bits per heavy atom. The average Bonchev–Trinajstić information content (AvgIpc) is 1.68. The molecule has 0 aromatic heterocycles. The monoisotopic (exact) mass is 98.1 g/mol. The van der Waals surface area contributed by atoms with Crippen LogP contribution >= 0.6 is 0 Å². The summed E-state index contributed by atoms with van der Waals surface area (Å²) >= 11 is 0. The Bertz CT molecular complexity index is 62.7. The van der Waals surface area contributed by atoms with E-state index in [1.54, 1.807) is 0 Å². The van der Waals surface area contributed by atoms with Crippen LogP contribution in [0.15, 0.2) is 0 Å². The second-order valence-corrected chi connectivity index (χ2v) is 1.39. The summed E-state index contributed by atoms with van der Waals surface area (Å²) in [6, 6.07) is 0. The molecule has 3 heteroatoms. The van der Waals surface area contributed by atoms with E-state index in [-0.39, 0.29) is 0 Å². The van der Waals surface area contributed by atoms with Crippen molar-refractivity contribution in [2.75, 3.05) is 13.6 Å². The third-order valence-electron chi connectivity index (χ3n) is 0.800. The van der Waals surface area contributed by atoms with Crippen molar-refractivity contribution in [1.29, 1.82) is 0 Å². The van der Waals surface area contributed by atoms with Crippen LogP contribution in [0.5, 0.6) is 0 Å². The molecule has 0 unspecified atom stereocenters. The van der Waals surface area contributed by atoms with Crippen molar-refractivity contribution in [1.82, 2.24) is 5.32 Å². The molecule has 0 aromatic rings. The summed E-state index contributed by atoms with van der Waals surface area (Å²) in [6.07, 6.45) is 0.872. The molecule has 0 bridgehead atoms. The summed E-state index contributed by atoms with van der Waals surface area (Å²) in [7, 11) is 5.52. The first-order valence-corrected chi connectivity index (χ1v) is 2.37. The molecular formula is C4H11BN2. The van der Waals surface area contributed by atoms with Gasteiger partial charge in [-0.25, -0.2) is 0 Å². The number of nitrogens with one attached hydrogen (secondary N) is 1. The van der Waals surface area contributed by atoms with Gasteiger partial charge in [-0.3, -0.25) is 0 Å². The van der Waals surface area contributed by atoms with E-state index in [0.717, 1.165) is 12.0 Å². The number of rotatable bonds is 3. The molecule has 0 spiro atoms. The van der Waals surface area contributed by atoms with Crippen LogP contribution in [0.3, 0.4) is 0 Å². The van der Waals surface area contributed by atoms with Gasteiger partial charge in [0, 0.05) is 0 Å². The first-order chi connectivity index (χ1) is 3.31. The van der Waals surface area contributed by atoms with Crippen molar-refractivity contribution in [3.8, 4) is 0 Å². The van der Waals surface area contributed by atoms with Gasteiger partial charge >= 0.3 is 44.1 Å². The Balaban J connectivity index is 3.00. The minimum absolute atomic E-state index is 0.680. The van der Waals surface area contributed by atoms with Gasteiger partial charge < -0.3 is 0 Å². The van der Waals surface area contributed by atoms with Crippen LogP contribution in [0.25, 0.3) is 0 Å². The Morgan fingerprint density at radius 2 is 2.43 bits per heavy atom. The molecule has 0 fully saturated rings. The molecule has 0 saturated carbocycles. The van der Waals surface area contributed by atoms with Gasteiger partial charge in [-0.2, -0.15) is 0 Å². The standard InChI is InChI=1S/C4H11BN2/c1-7-4(5)2-3-6/h5,7H,2-3,6H2,1H3. The molecule has 3 N–H and O–H groups in total. The van der Waals surface area contributed by atoms with E-state index in [1.807, 2.05) is 7.05 Å². The summed E-state index contributed by atoms with van der Waals surface area (Å²) in [6.45, 7) is 0.680. The summed E-state index contributed by atoms with van der Waals surface area (Å²) in [5.41, 5.74) is 6.21. The molecule has 0 aliphatic rings. The fraction of sp³-hybridized carbons (Fsp3) is 0.750. The Kier molecular flexibility index (Phi) is 3.70. The normalized spacial score (nSPS) is 8.14. The molecule has 2 nitrogen and oxygen atoms in total. The van der Waals surface area contributed by atoms with Crippen molar-refractivity contribution >= 4 is 13.1 Å². The molecule has 0 saturated heterocycles. The quantitative estimate of drug-likeness (QED) is 0.425. The molecule has 7 heavy (non-hydrogen) atoms. The SMILES string of the molecule is B=C(CCN)NC. The van der Waals surface area contributed by atoms with Gasteiger partial charge in [-0.1, -0.05) is 0 Å². The third-order valence-corrected chi connectivity index (χ3v) is 0.800. The summed E-state index contributed by atoms with van der Waals surface area (Å²) in [4.78, 5) is 0. The van der Waals surface area contributed by atoms with Gasteiger partial charge in [0.1, 0.15) is 0 Å². The average molecular weight is 98.0 g/mol. The molecule has 0 aliphatic carbocycles. The second-order valence-electron chi connectivity index (χ2n) is 1.39. The summed E-state index contributed by atoms with van der Waals surface area (Å²) in [5.74, 6) is 0. The first kappa shape index (κ1) is 6.69. The predicted molar refractivity (Wildman–Crippen MR) is 34.9 cm³/mol. The van der Waals surface area contributed by atoms with E-state index < -0.39 is 0 Å². The van der Waals surface area contributed by atoms with E-state index in [0.29, 0.717) is 6.54 Å². The van der Waals surface area contributed by atoms with E-state index >= 15 is 0 Å². The van der Waals surface area contributed by atoms with Crippen LogP contribution < -0.4 is 11.1 Å². The fourth-order valence-electron chi connectivity index (χ4n) is 0.299. The van der Waals surface area contributed by atoms with Crippen LogP contribution in [0.1, 0.15) is 6.42 Å². The summed E-state index contributed by atoms with van der Waals surface area (Å²) < 4.78 is 0. The maximum absolute atomic E-state index is 5.20. The second kappa shape index (κ2) is 3.87. The van der Waals surface area contributed by atoms with Crippen LogP contribution in [0, 0.1) is 0 Å². The van der Waals surface area contributed by atoms with Crippen LogP contribution in [0.4, 0.5) is 0 Å². The number of hydrogen-bond donors (Lipinski definition) is 2. The van der Waals surface area contributed by atoms with Gasteiger partial charge in [0.25, 0.3) is 0 Å². The van der Waals surface area contributed by atoms with E-state index in [4.69, 9.17) is 5.73 Å². The fourth-order valence-corrected chi connectivity index (χ4v) is 0.299. The van der Waals surface area contributed by atoms with Gasteiger partial charge in [-0.05, 0) is 0 Å². The Morgan fingerprint density at radius 3 is 2.57 bits per heavy atom. The van der Waals surface area contributed by atoms with Gasteiger partial charge in [0.05, 0.1) is 0 Å². The van der Waals surface area contributed by atoms with Crippen molar-refractivity contribution in [2.45, 2.75) is 6.42 Å². The Labute approximate surface area is 45.2 Å². The van der Waals surface area contributed by atoms with Crippen LogP contribution in [-0.2, 0) is 0 Å². The molecular weight excluding hydrogens is 86.9 g/mol. The van der Waals surface area contributed by atoms with Crippen molar-refractivity contribution in [3.05, 3.63) is 0 Å². The minimum atomic E-state index is 0.680. The van der Waals surface area contributed by atoms with Gasteiger partial charge in [-0.15, -0.1) is 0 Å². The molecule has 0 rings (SSSR count). The molecule has 40 valence electrons. The van der Waals surface area contributed by atoms with Crippen molar-refractivity contribution in [2.24, 2.45) is 5.73 Å². The zero-order valence-corrected chi connectivity index (χ0v) is 4.70. The predicted octanol–water partition coefficient (Wildman–Crippen LogP) is -1.41. The molecule has 0 heterocycles. The van der Waals surface area contributed by atoms with Gasteiger partial charge in [0.15, 0.2) is 0 Å². The van der Waals surface area contributed by atoms with E-state index in [1.165, 1.54) is 0 Å². The van der Waals surface area contributed by atoms with E-state index in [9.17, 15) is 0 Å². The third kappa shape index (κ3) is 3.53. The topological polar surface area (TPSA) is 38.0 Å². The zero-order chi connectivity index (χ0) is 5.70. The van der Waals surface area contributed by atoms with Crippen molar-refractivity contribution in [3.63, 3.8) is 0 Å². The first-order valence-electron chi connectivity index (χ1n) is 2.37. The van der Waals surface area contributed by atoms with Crippen LogP contribution in [0.2, 0.25) is 0 Å². The van der Waals surface area contributed by atoms with Crippen LogP contribution in [-0.4, -0.2) is 26.7 Å². The number of nitrogens with two attached hydrogens (primary N) is 1.